The molecular weight excluding hydrogens is 294 g/mol. The average Bonchev–Trinajstić information content (AvgIpc) is 3.09. The lowest BCUT2D eigenvalue weighted by molar-refractivity contribution is 0.0886. The van der Waals surface area contributed by atoms with Crippen molar-refractivity contribution in [3.63, 3.8) is 0 Å². The molecule has 0 radical (unpaired) electrons. The first kappa shape index (κ1) is 17.0. The molecule has 124 valence electrons. The van der Waals surface area contributed by atoms with Gasteiger partial charge < -0.3 is 15.2 Å². The van der Waals surface area contributed by atoms with Gasteiger partial charge in [-0.25, -0.2) is 0 Å². The third-order valence-electron chi connectivity index (χ3n) is 4.05. The standard InChI is InChI=1S/C17H23N3O3/c1-4-11(2)16(10-21)18-17(22)15-9-14(19-20-15)12-5-7-13(23-3)8-6-12/h5-9,11,16,21H,4,10H2,1-3H3,(H,18,22)(H,19,20)/t11-,16+/m0/s1. The SMILES string of the molecule is CC[C@H](C)[C@@H](CO)NC(=O)c1cc(-c2ccc(OC)cc2)n[nH]1. The fourth-order valence-corrected chi connectivity index (χ4v) is 2.25. The highest BCUT2D eigenvalue weighted by Gasteiger charge is 2.19. The van der Waals surface area contributed by atoms with Crippen LogP contribution in [0.4, 0.5) is 0 Å². The summed E-state index contributed by atoms with van der Waals surface area (Å²) in [5, 5.41) is 19.2. The molecule has 0 bridgehead atoms. The number of nitrogens with one attached hydrogen (secondary N) is 2. The highest BCUT2D eigenvalue weighted by Crippen LogP contribution is 2.21. The van der Waals surface area contributed by atoms with E-state index in [1.807, 2.05) is 38.1 Å². The second-order valence-electron chi connectivity index (χ2n) is 5.54. The Morgan fingerprint density at radius 2 is 2.09 bits per heavy atom. The van der Waals surface area contributed by atoms with Crippen LogP contribution in [0.3, 0.4) is 0 Å². The Morgan fingerprint density at radius 3 is 2.65 bits per heavy atom. The van der Waals surface area contributed by atoms with Crippen molar-refractivity contribution >= 4 is 5.91 Å². The number of hydrogen-bond acceptors (Lipinski definition) is 4. The number of rotatable bonds is 7. The zero-order valence-electron chi connectivity index (χ0n) is 13.7. The topological polar surface area (TPSA) is 87.2 Å². The van der Waals surface area contributed by atoms with Gasteiger partial charge in [0.25, 0.3) is 5.91 Å². The van der Waals surface area contributed by atoms with Gasteiger partial charge in [0.15, 0.2) is 0 Å². The van der Waals surface area contributed by atoms with Crippen LogP contribution in [0.15, 0.2) is 30.3 Å². The van der Waals surface area contributed by atoms with E-state index in [0.29, 0.717) is 11.4 Å². The van der Waals surface area contributed by atoms with E-state index < -0.39 is 0 Å². The highest BCUT2D eigenvalue weighted by atomic mass is 16.5. The van der Waals surface area contributed by atoms with Crippen molar-refractivity contribution in [3.8, 4) is 17.0 Å². The predicted molar refractivity (Wildman–Crippen MR) is 88.4 cm³/mol. The lowest BCUT2D eigenvalue weighted by Crippen LogP contribution is -2.42. The average molecular weight is 317 g/mol. The number of amides is 1. The van der Waals surface area contributed by atoms with Gasteiger partial charge in [0.1, 0.15) is 11.4 Å². The molecule has 0 unspecified atom stereocenters. The van der Waals surface area contributed by atoms with Gasteiger partial charge in [-0.05, 0) is 36.2 Å². The van der Waals surface area contributed by atoms with Crippen LogP contribution >= 0.6 is 0 Å². The molecule has 6 nitrogen and oxygen atoms in total. The van der Waals surface area contributed by atoms with Crippen LogP contribution in [-0.4, -0.2) is 41.0 Å². The maximum atomic E-state index is 12.3. The summed E-state index contributed by atoms with van der Waals surface area (Å²) in [7, 11) is 1.61. The minimum absolute atomic E-state index is 0.0831. The maximum Gasteiger partial charge on any atom is 0.269 e. The molecule has 23 heavy (non-hydrogen) atoms. The summed E-state index contributed by atoms with van der Waals surface area (Å²) in [4.78, 5) is 12.3. The molecule has 1 amide bonds. The lowest BCUT2D eigenvalue weighted by atomic mass is 10.00. The largest absolute Gasteiger partial charge is 0.497 e. The molecule has 0 spiro atoms. The van der Waals surface area contributed by atoms with Crippen molar-refractivity contribution in [2.75, 3.05) is 13.7 Å². The summed E-state index contributed by atoms with van der Waals surface area (Å²) in [5.74, 6) is 0.700. The molecule has 0 aliphatic rings. The van der Waals surface area contributed by atoms with Crippen molar-refractivity contribution in [3.05, 3.63) is 36.0 Å². The number of aliphatic hydroxyl groups excluding tert-OH is 1. The van der Waals surface area contributed by atoms with Gasteiger partial charge >= 0.3 is 0 Å². The van der Waals surface area contributed by atoms with E-state index in [9.17, 15) is 9.90 Å². The van der Waals surface area contributed by atoms with E-state index in [-0.39, 0.29) is 24.5 Å². The van der Waals surface area contributed by atoms with Crippen LogP contribution in [-0.2, 0) is 0 Å². The zero-order chi connectivity index (χ0) is 16.8. The summed E-state index contributed by atoms with van der Waals surface area (Å²) >= 11 is 0. The van der Waals surface area contributed by atoms with Gasteiger partial charge in [-0.15, -0.1) is 0 Å². The molecule has 2 rings (SSSR count). The van der Waals surface area contributed by atoms with E-state index in [0.717, 1.165) is 17.7 Å². The van der Waals surface area contributed by atoms with Gasteiger partial charge in [-0.2, -0.15) is 5.10 Å². The Bertz CT molecular complexity index is 637. The molecule has 3 N–H and O–H groups in total. The van der Waals surface area contributed by atoms with E-state index in [2.05, 4.69) is 15.5 Å². The second kappa shape index (κ2) is 7.78. The number of ether oxygens (including phenoxy) is 1. The summed E-state index contributed by atoms with van der Waals surface area (Å²) in [6.07, 6.45) is 0.881. The Labute approximate surface area is 135 Å². The zero-order valence-corrected chi connectivity index (χ0v) is 13.7. The van der Waals surface area contributed by atoms with Gasteiger partial charge in [0.2, 0.25) is 0 Å². The lowest BCUT2D eigenvalue weighted by Gasteiger charge is -2.21. The molecule has 1 aromatic heterocycles. The molecule has 0 aliphatic heterocycles. The Hall–Kier alpha value is -2.34. The Morgan fingerprint density at radius 1 is 1.39 bits per heavy atom. The first-order valence-corrected chi connectivity index (χ1v) is 7.70. The highest BCUT2D eigenvalue weighted by molar-refractivity contribution is 5.93. The molecule has 1 aromatic carbocycles. The quantitative estimate of drug-likeness (QED) is 0.731. The fourth-order valence-electron chi connectivity index (χ4n) is 2.25. The third kappa shape index (κ3) is 4.10. The van der Waals surface area contributed by atoms with E-state index in [4.69, 9.17) is 4.74 Å². The van der Waals surface area contributed by atoms with E-state index in [1.165, 1.54) is 0 Å². The van der Waals surface area contributed by atoms with E-state index in [1.54, 1.807) is 13.2 Å². The summed E-state index contributed by atoms with van der Waals surface area (Å²) in [6, 6.07) is 8.88. The minimum atomic E-state index is -0.267. The number of methoxy groups -OCH3 is 1. The minimum Gasteiger partial charge on any atom is -0.497 e. The van der Waals surface area contributed by atoms with E-state index >= 15 is 0 Å². The number of hydrogen-bond donors (Lipinski definition) is 3. The van der Waals surface area contributed by atoms with Gasteiger partial charge in [-0.3, -0.25) is 9.89 Å². The Kier molecular flexibility index (Phi) is 5.76. The molecule has 0 saturated carbocycles. The number of carbonyl (C=O) groups excluding carboxylic acids is 1. The fraction of sp³-hybridized carbons (Fsp3) is 0.412. The van der Waals surface area contributed by atoms with Crippen molar-refractivity contribution in [1.82, 2.24) is 15.5 Å². The Balaban J connectivity index is 2.09. The second-order valence-corrected chi connectivity index (χ2v) is 5.54. The van der Waals surface area contributed by atoms with Crippen molar-refractivity contribution in [2.45, 2.75) is 26.3 Å². The number of aromatic nitrogens is 2. The summed E-state index contributed by atoms with van der Waals surface area (Å²) in [5.41, 5.74) is 1.95. The number of benzene rings is 1. The summed E-state index contributed by atoms with van der Waals surface area (Å²) in [6.45, 7) is 3.94. The first-order valence-electron chi connectivity index (χ1n) is 7.70. The number of H-pyrrole nitrogens is 1. The molecule has 0 fully saturated rings. The molecule has 0 saturated heterocycles. The number of carbonyl (C=O) groups is 1. The van der Waals surface area contributed by atoms with Gasteiger partial charge in [0, 0.05) is 5.56 Å². The van der Waals surface area contributed by atoms with Crippen LogP contribution in [0.25, 0.3) is 11.3 Å². The first-order chi connectivity index (χ1) is 11.1. The van der Waals surface area contributed by atoms with Crippen molar-refractivity contribution in [1.29, 1.82) is 0 Å². The van der Waals surface area contributed by atoms with Crippen LogP contribution in [0, 0.1) is 5.92 Å². The maximum absolute atomic E-state index is 12.3. The molecule has 2 atom stereocenters. The molecule has 0 aliphatic carbocycles. The number of nitrogens with zero attached hydrogens (tertiary/aromatic N) is 1. The normalized spacial score (nSPS) is 13.4. The molecule has 6 heteroatoms. The molecule has 2 aromatic rings. The smallest absolute Gasteiger partial charge is 0.269 e. The predicted octanol–water partition coefficient (Wildman–Crippen LogP) is 2.22. The van der Waals surface area contributed by atoms with Crippen molar-refractivity contribution in [2.24, 2.45) is 5.92 Å². The van der Waals surface area contributed by atoms with Crippen LogP contribution in [0.2, 0.25) is 0 Å². The molecule has 1 heterocycles. The molecular formula is C17H23N3O3. The van der Waals surface area contributed by atoms with Crippen LogP contribution in [0.1, 0.15) is 30.8 Å². The summed E-state index contributed by atoms with van der Waals surface area (Å²) < 4.78 is 5.12. The van der Waals surface area contributed by atoms with Gasteiger partial charge in [0.05, 0.1) is 25.5 Å². The monoisotopic (exact) mass is 317 g/mol. The third-order valence-corrected chi connectivity index (χ3v) is 4.05. The number of aliphatic hydroxyl groups is 1. The van der Waals surface area contributed by atoms with Gasteiger partial charge in [-0.1, -0.05) is 20.3 Å². The van der Waals surface area contributed by atoms with Crippen LogP contribution < -0.4 is 10.1 Å². The number of aromatic amines is 1. The van der Waals surface area contributed by atoms with Crippen LogP contribution in [0.5, 0.6) is 5.75 Å². The van der Waals surface area contributed by atoms with Crippen molar-refractivity contribution < 1.29 is 14.6 Å².